The Balaban J connectivity index is 0.937. The van der Waals surface area contributed by atoms with Crippen molar-refractivity contribution in [3.8, 4) is 11.5 Å². The highest BCUT2D eigenvalue weighted by Gasteiger charge is 2.62. The van der Waals surface area contributed by atoms with Crippen LogP contribution in [0.1, 0.15) is 101 Å². The lowest BCUT2D eigenvalue weighted by Gasteiger charge is -2.50. The van der Waals surface area contributed by atoms with Gasteiger partial charge >= 0.3 is 5.97 Å². The molecule has 59 heavy (non-hydrogen) atoms. The maximum absolute atomic E-state index is 12.8. The highest BCUT2D eigenvalue weighted by molar-refractivity contribution is 7.10. The third kappa shape index (κ3) is 8.56. The highest BCUT2D eigenvalue weighted by Crippen LogP contribution is 2.60. The van der Waals surface area contributed by atoms with E-state index in [1.54, 1.807) is 12.1 Å². The normalized spacial score (nSPS) is 21.2. The van der Waals surface area contributed by atoms with Crippen molar-refractivity contribution in [1.29, 1.82) is 0 Å². The minimum absolute atomic E-state index is 0.0356. The number of aromatic nitrogens is 3. The number of thiophene rings is 1. The van der Waals surface area contributed by atoms with Crippen molar-refractivity contribution in [2.24, 2.45) is 11.3 Å². The molecule has 0 radical (unpaired) electrons. The molecule has 0 spiro atoms. The minimum atomic E-state index is -2.24. The number of rotatable bonds is 16. The summed E-state index contributed by atoms with van der Waals surface area (Å²) < 4.78 is 14.8. The van der Waals surface area contributed by atoms with Gasteiger partial charge in [-0.3, -0.25) is 4.79 Å². The lowest BCUT2D eigenvalue weighted by Crippen LogP contribution is -2.55. The molecule has 2 atom stereocenters. The van der Waals surface area contributed by atoms with Crippen LogP contribution in [0.5, 0.6) is 11.5 Å². The van der Waals surface area contributed by atoms with Gasteiger partial charge in [-0.05, 0) is 124 Å². The number of aliphatic carboxylic acids is 1. The predicted molar refractivity (Wildman–Crippen MR) is 232 cm³/mol. The van der Waals surface area contributed by atoms with Gasteiger partial charge in [0.15, 0.2) is 20.7 Å². The second kappa shape index (κ2) is 17.2. The average molecular weight is 847 g/mol. The molecular weight excluding hydrogens is 785 g/mol. The number of benzene rings is 2. The SMILES string of the molecule is CN(CCCn1nnc2cc(CNC[C@H](O[Si](C)(C)C(C)(C)C)c3ccc(O)c4c3OCC(=O)N4)ccc21)C1CCC(C2([C@](O)(C(=O)O)c3cccs3)CCCC2)CC1. The summed E-state index contributed by atoms with van der Waals surface area (Å²) in [5.41, 5.74) is 1.50. The van der Waals surface area contributed by atoms with Crippen LogP contribution in [0, 0.1) is 11.3 Å². The van der Waals surface area contributed by atoms with Crippen LogP contribution >= 0.6 is 11.3 Å². The summed E-state index contributed by atoms with van der Waals surface area (Å²) in [7, 11) is -0.0473. The fraction of sp³-hybridized carbons (Fsp3) is 0.591. The predicted octanol–water partition coefficient (Wildman–Crippen LogP) is 7.80. The van der Waals surface area contributed by atoms with Crippen LogP contribution in [0.25, 0.3) is 11.0 Å². The number of aryl methyl sites for hydroxylation is 1. The zero-order valence-electron chi connectivity index (χ0n) is 35.4. The van der Waals surface area contributed by atoms with Crippen molar-refractivity contribution in [2.75, 3.05) is 32.1 Å². The van der Waals surface area contributed by atoms with Crippen molar-refractivity contribution in [1.82, 2.24) is 25.2 Å². The number of aromatic hydroxyl groups is 1. The van der Waals surface area contributed by atoms with Crippen LogP contribution in [0.15, 0.2) is 47.8 Å². The second-order valence-corrected chi connectivity index (χ2v) is 24.2. The van der Waals surface area contributed by atoms with E-state index in [0.29, 0.717) is 29.8 Å². The number of carbonyl (C=O) groups excluding carboxylic acids is 1. The van der Waals surface area contributed by atoms with Crippen LogP contribution < -0.4 is 15.4 Å². The number of nitrogens with one attached hydrogen (secondary N) is 2. The maximum atomic E-state index is 12.8. The molecule has 0 bridgehead atoms. The number of carboxylic acids is 1. The molecule has 320 valence electrons. The first-order valence-corrected chi connectivity index (χ1v) is 25.0. The van der Waals surface area contributed by atoms with Crippen LogP contribution in [-0.4, -0.2) is 88.2 Å². The maximum Gasteiger partial charge on any atom is 0.341 e. The van der Waals surface area contributed by atoms with Gasteiger partial charge in [-0.1, -0.05) is 51.0 Å². The molecule has 0 saturated heterocycles. The van der Waals surface area contributed by atoms with Crippen LogP contribution in [0.2, 0.25) is 18.1 Å². The summed E-state index contributed by atoms with van der Waals surface area (Å²) in [6.07, 6.45) is 7.85. The van der Waals surface area contributed by atoms with Gasteiger partial charge in [0, 0.05) is 41.5 Å². The smallest absolute Gasteiger partial charge is 0.341 e. The molecule has 2 fully saturated rings. The fourth-order valence-corrected chi connectivity index (χ4v) is 11.9. The lowest BCUT2D eigenvalue weighted by atomic mass is 9.58. The zero-order valence-corrected chi connectivity index (χ0v) is 37.2. The molecule has 13 nitrogen and oxygen atoms in total. The summed E-state index contributed by atoms with van der Waals surface area (Å²) in [4.78, 5) is 27.9. The number of aliphatic hydroxyl groups is 1. The Morgan fingerprint density at radius 3 is 2.58 bits per heavy atom. The van der Waals surface area contributed by atoms with Gasteiger partial charge in [-0.15, -0.1) is 16.4 Å². The van der Waals surface area contributed by atoms with E-state index in [4.69, 9.17) is 9.16 Å². The monoisotopic (exact) mass is 846 g/mol. The Bertz CT molecular complexity index is 2110. The number of fused-ring (bicyclic) bond motifs is 2. The Hall–Kier alpha value is -3.86. The number of ether oxygens (including phenoxy) is 1. The number of anilines is 1. The van der Waals surface area contributed by atoms with E-state index in [1.807, 2.05) is 22.2 Å². The van der Waals surface area contributed by atoms with Gasteiger partial charge < -0.3 is 40.0 Å². The second-order valence-electron chi connectivity index (χ2n) is 18.5. The molecule has 2 aromatic carbocycles. The summed E-state index contributed by atoms with van der Waals surface area (Å²) in [5.74, 6) is -0.829. The Labute approximate surface area is 352 Å². The molecule has 5 N–H and O–H groups in total. The minimum Gasteiger partial charge on any atom is -0.506 e. The van der Waals surface area contributed by atoms with E-state index in [-0.39, 0.29) is 41.0 Å². The first-order valence-electron chi connectivity index (χ1n) is 21.2. The molecule has 2 aromatic heterocycles. The molecule has 2 aliphatic carbocycles. The molecule has 1 amide bonds. The molecule has 3 aliphatic rings. The quantitative estimate of drug-likeness (QED) is 0.0551. The largest absolute Gasteiger partial charge is 0.506 e. The van der Waals surface area contributed by atoms with E-state index >= 15 is 0 Å². The zero-order chi connectivity index (χ0) is 42.2. The van der Waals surface area contributed by atoms with Gasteiger partial charge in [0.1, 0.15) is 17.0 Å². The van der Waals surface area contributed by atoms with Crippen molar-refractivity contribution in [2.45, 2.75) is 128 Å². The summed E-state index contributed by atoms with van der Waals surface area (Å²) in [6.45, 7) is 13.6. The van der Waals surface area contributed by atoms with Crippen LogP contribution in [0.4, 0.5) is 5.69 Å². The first-order chi connectivity index (χ1) is 28.0. The average Bonchev–Trinajstić information content (AvgIpc) is 4.00. The Morgan fingerprint density at radius 2 is 1.90 bits per heavy atom. The molecule has 15 heteroatoms. The van der Waals surface area contributed by atoms with E-state index < -0.39 is 25.3 Å². The van der Waals surface area contributed by atoms with E-state index in [1.165, 1.54) is 11.3 Å². The molecule has 3 heterocycles. The fourth-order valence-electron chi connectivity index (χ4n) is 9.66. The Morgan fingerprint density at radius 1 is 1.15 bits per heavy atom. The van der Waals surface area contributed by atoms with E-state index in [0.717, 1.165) is 93.0 Å². The molecule has 7 rings (SSSR count). The van der Waals surface area contributed by atoms with Crippen LogP contribution in [0.3, 0.4) is 0 Å². The third-order valence-corrected chi connectivity index (χ3v) is 19.5. The number of hydrogen-bond donors (Lipinski definition) is 5. The molecule has 2 saturated carbocycles. The molecular formula is C44H62N6O7SSi. The van der Waals surface area contributed by atoms with Gasteiger partial charge in [0.25, 0.3) is 5.91 Å². The van der Waals surface area contributed by atoms with Crippen molar-refractivity contribution in [3.05, 3.63) is 63.8 Å². The first kappa shape index (κ1) is 43.2. The van der Waals surface area contributed by atoms with Crippen molar-refractivity contribution in [3.63, 3.8) is 0 Å². The summed E-state index contributed by atoms with van der Waals surface area (Å²) >= 11 is 1.36. The number of carbonyl (C=O) groups is 2. The Kier molecular flexibility index (Phi) is 12.6. The number of phenolic OH excluding ortho intramolecular Hbond substituents is 1. The highest BCUT2D eigenvalue weighted by atomic mass is 32.1. The number of amides is 1. The summed E-state index contributed by atoms with van der Waals surface area (Å²) in [6, 6.07) is 13.7. The van der Waals surface area contributed by atoms with Gasteiger partial charge in [0.05, 0.1) is 11.6 Å². The van der Waals surface area contributed by atoms with Gasteiger partial charge in [0.2, 0.25) is 5.60 Å². The van der Waals surface area contributed by atoms with Gasteiger partial charge in [-0.25, -0.2) is 9.48 Å². The topological polar surface area (TPSA) is 171 Å². The number of hydrogen-bond acceptors (Lipinski definition) is 11. The lowest BCUT2D eigenvalue weighted by molar-refractivity contribution is -0.187. The standard InChI is InChI=1S/C44H62N6O7SSi/c1-42(2,3)59(5,6)57-36(32-17-19-35(51)39-40(32)56-28-38(52)46-39)27-45-26-29-12-18-34-33(25-29)47-48-50(34)23-10-22-49(4)31-15-13-30(14-16-31)43(20-7-8-21-43)44(55,41(53)54)37-11-9-24-58-37/h9,11-12,17-19,24-25,30-31,36,45,51,55H,7-8,10,13-16,20-23,26-28H2,1-6H3,(H,46,52)(H,53,54)/t30?,31?,36-,44+/m0/s1. The third-order valence-electron chi connectivity index (χ3n) is 14.0. The van der Waals surface area contributed by atoms with Crippen LogP contribution in [-0.2, 0) is 32.7 Å². The van der Waals surface area contributed by atoms with Crippen molar-refractivity contribution >= 4 is 48.3 Å². The molecule has 0 unspecified atom stereocenters. The molecule has 4 aromatic rings. The number of nitrogens with zero attached hydrogens (tertiary/aromatic N) is 4. The van der Waals surface area contributed by atoms with Crippen molar-refractivity contribution < 1.29 is 34.1 Å². The van der Waals surface area contributed by atoms with E-state index in [2.05, 4.69) is 85.0 Å². The molecule has 1 aliphatic heterocycles. The summed E-state index contributed by atoms with van der Waals surface area (Å²) in [5, 5.41) is 50.1. The number of phenols is 1. The van der Waals surface area contributed by atoms with Gasteiger partial charge in [-0.2, -0.15) is 0 Å². The van der Waals surface area contributed by atoms with E-state index in [9.17, 15) is 24.9 Å². The number of carboxylic acid groups (broad SMARTS) is 1.